The zero-order valence-corrected chi connectivity index (χ0v) is 15.6. The van der Waals surface area contributed by atoms with Crippen LogP contribution in [-0.4, -0.2) is 65.5 Å². The predicted molar refractivity (Wildman–Crippen MR) is 101 cm³/mol. The largest absolute Gasteiger partial charge is 0.389 e. The maximum atomic E-state index is 11.2. The molecular formula is C20H32N2O4. The second-order valence-corrected chi connectivity index (χ2v) is 7.08. The van der Waals surface area contributed by atoms with E-state index in [1.165, 1.54) is 12.5 Å². The first kappa shape index (κ1) is 20.8. The number of aliphatic hydroxyl groups is 2. The number of nitrogens with zero attached hydrogens (tertiary/aromatic N) is 1. The van der Waals surface area contributed by atoms with E-state index in [4.69, 9.17) is 4.74 Å². The second kappa shape index (κ2) is 11.3. The summed E-state index contributed by atoms with van der Waals surface area (Å²) in [5.41, 5.74) is 1.20. The number of β-amino-alcohol motifs (C(OH)–C–C–N with tert-alkyl or cyclic N) is 1. The molecule has 1 fully saturated rings. The summed E-state index contributed by atoms with van der Waals surface area (Å²) in [6, 6.07) is 9.78. The minimum absolute atomic E-state index is 0.182. The Labute approximate surface area is 156 Å². The Kier molecular flexibility index (Phi) is 9.05. The van der Waals surface area contributed by atoms with Crippen LogP contribution in [0.15, 0.2) is 30.3 Å². The Bertz CT molecular complexity index is 526. The molecule has 0 saturated carbocycles. The molecule has 2 rings (SSSR count). The molecule has 1 aromatic carbocycles. The number of rotatable bonds is 10. The summed E-state index contributed by atoms with van der Waals surface area (Å²) < 4.78 is 5.68. The smallest absolute Gasteiger partial charge is 0.217 e. The summed E-state index contributed by atoms with van der Waals surface area (Å²) >= 11 is 0. The molecule has 1 aromatic rings. The monoisotopic (exact) mass is 364 g/mol. The van der Waals surface area contributed by atoms with E-state index in [2.05, 4.69) is 22.3 Å². The highest BCUT2D eigenvalue weighted by molar-refractivity contribution is 5.73. The summed E-state index contributed by atoms with van der Waals surface area (Å²) in [7, 11) is 0. The molecule has 0 bridgehead atoms. The molecule has 26 heavy (non-hydrogen) atoms. The van der Waals surface area contributed by atoms with Gasteiger partial charge in [-0.05, 0) is 24.9 Å². The summed E-state index contributed by atoms with van der Waals surface area (Å²) in [5, 5.41) is 22.7. The van der Waals surface area contributed by atoms with Gasteiger partial charge >= 0.3 is 0 Å². The van der Waals surface area contributed by atoms with Crippen molar-refractivity contribution in [3.8, 4) is 0 Å². The highest BCUT2D eigenvalue weighted by Gasteiger charge is 2.34. The van der Waals surface area contributed by atoms with Crippen LogP contribution in [0.3, 0.4) is 0 Å². The van der Waals surface area contributed by atoms with Gasteiger partial charge in [0.15, 0.2) is 0 Å². The van der Waals surface area contributed by atoms with E-state index >= 15 is 0 Å². The molecule has 146 valence electrons. The van der Waals surface area contributed by atoms with Gasteiger partial charge in [-0.3, -0.25) is 9.69 Å². The number of benzene rings is 1. The topological polar surface area (TPSA) is 82.0 Å². The lowest BCUT2D eigenvalue weighted by Gasteiger charge is -2.39. The van der Waals surface area contributed by atoms with Crippen molar-refractivity contribution in [3.05, 3.63) is 35.9 Å². The van der Waals surface area contributed by atoms with Crippen molar-refractivity contribution < 1.29 is 19.7 Å². The van der Waals surface area contributed by atoms with Gasteiger partial charge in [0, 0.05) is 26.6 Å². The van der Waals surface area contributed by atoms with Gasteiger partial charge in [-0.1, -0.05) is 43.2 Å². The molecule has 0 aliphatic carbocycles. The minimum atomic E-state index is -0.892. The van der Waals surface area contributed by atoms with E-state index in [0.717, 1.165) is 38.8 Å². The number of piperidine rings is 1. The van der Waals surface area contributed by atoms with Gasteiger partial charge in [0.25, 0.3) is 0 Å². The number of likely N-dealkylation sites (tertiary alicyclic amines) is 1. The lowest BCUT2D eigenvalue weighted by molar-refractivity contribution is -0.123. The van der Waals surface area contributed by atoms with Crippen molar-refractivity contribution in [3.63, 3.8) is 0 Å². The normalized spacial score (nSPS) is 23.7. The zero-order chi connectivity index (χ0) is 18.8. The predicted octanol–water partition coefficient (Wildman–Crippen LogP) is 1.31. The summed E-state index contributed by atoms with van der Waals surface area (Å²) in [5.74, 6) is -0.182. The van der Waals surface area contributed by atoms with Gasteiger partial charge in [0.1, 0.15) is 6.10 Å². The van der Waals surface area contributed by atoms with Crippen LogP contribution in [0.1, 0.15) is 38.2 Å². The van der Waals surface area contributed by atoms with Gasteiger partial charge in [0.2, 0.25) is 5.91 Å². The third-order valence-corrected chi connectivity index (χ3v) is 4.72. The van der Waals surface area contributed by atoms with E-state index in [0.29, 0.717) is 19.7 Å². The molecule has 1 aliphatic rings. The van der Waals surface area contributed by atoms with E-state index in [1.54, 1.807) is 0 Å². The first-order chi connectivity index (χ1) is 12.6. The number of hydrogen-bond acceptors (Lipinski definition) is 5. The Morgan fingerprint density at radius 3 is 2.62 bits per heavy atom. The van der Waals surface area contributed by atoms with E-state index in [9.17, 15) is 15.0 Å². The highest BCUT2D eigenvalue weighted by atomic mass is 16.5. The number of aliphatic hydroxyl groups excluding tert-OH is 2. The lowest BCUT2D eigenvalue weighted by atomic mass is 9.99. The molecule has 1 aliphatic heterocycles. The van der Waals surface area contributed by atoms with Crippen LogP contribution >= 0.6 is 0 Å². The summed E-state index contributed by atoms with van der Waals surface area (Å²) in [6.07, 6.45) is 2.60. The van der Waals surface area contributed by atoms with Crippen molar-refractivity contribution >= 4 is 5.91 Å². The van der Waals surface area contributed by atoms with Crippen LogP contribution in [-0.2, 0) is 16.1 Å². The Hall–Kier alpha value is -1.47. The fourth-order valence-electron chi connectivity index (χ4n) is 3.33. The van der Waals surface area contributed by atoms with E-state index < -0.39 is 18.2 Å². The molecule has 1 heterocycles. The quantitative estimate of drug-likeness (QED) is 0.545. The van der Waals surface area contributed by atoms with Crippen molar-refractivity contribution in [2.24, 2.45) is 0 Å². The average molecular weight is 364 g/mol. The number of amides is 1. The molecule has 6 nitrogen and oxygen atoms in total. The Morgan fingerprint density at radius 2 is 1.88 bits per heavy atom. The van der Waals surface area contributed by atoms with Crippen molar-refractivity contribution in [2.75, 3.05) is 26.2 Å². The average Bonchev–Trinajstić information content (AvgIpc) is 2.62. The molecule has 0 aromatic heterocycles. The van der Waals surface area contributed by atoms with Crippen LogP contribution in [0, 0.1) is 0 Å². The number of nitrogens with one attached hydrogen (secondary N) is 1. The molecule has 6 heteroatoms. The molecule has 1 amide bonds. The fourth-order valence-corrected chi connectivity index (χ4v) is 3.33. The van der Waals surface area contributed by atoms with Crippen molar-refractivity contribution in [2.45, 2.75) is 57.5 Å². The zero-order valence-electron chi connectivity index (χ0n) is 15.6. The van der Waals surface area contributed by atoms with Gasteiger partial charge in [-0.15, -0.1) is 0 Å². The number of ether oxygens (including phenoxy) is 1. The van der Waals surface area contributed by atoms with Crippen molar-refractivity contribution in [1.29, 1.82) is 0 Å². The van der Waals surface area contributed by atoms with Gasteiger partial charge in [-0.25, -0.2) is 0 Å². The number of carbonyl (C=O) groups excluding carboxylic acids is 1. The van der Waals surface area contributed by atoms with Crippen LogP contribution in [0.4, 0.5) is 0 Å². The lowest BCUT2D eigenvalue weighted by Crippen LogP contribution is -2.61. The van der Waals surface area contributed by atoms with E-state index in [-0.39, 0.29) is 5.91 Å². The summed E-state index contributed by atoms with van der Waals surface area (Å²) in [4.78, 5) is 13.3. The minimum Gasteiger partial charge on any atom is -0.389 e. The molecule has 0 radical (unpaired) electrons. The van der Waals surface area contributed by atoms with Crippen LogP contribution in [0.5, 0.6) is 0 Å². The first-order valence-electron chi connectivity index (χ1n) is 9.53. The third-order valence-electron chi connectivity index (χ3n) is 4.72. The highest BCUT2D eigenvalue weighted by Crippen LogP contribution is 2.13. The summed E-state index contributed by atoms with van der Waals surface area (Å²) in [6.45, 7) is 4.77. The first-order valence-corrected chi connectivity index (χ1v) is 9.53. The van der Waals surface area contributed by atoms with Crippen LogP contribution < -0.4 is 5.32 Å². The fraction of sp³-hybridized carbons (Fsp3) is 0.650. The van der Waals surface area contributed by atoms with Crippen molar-refractivity contribution in [1.82, 2.24) is 10.2 Å². The molecule has 1 saturated heterocycles. The Morgan fingerprint density at radius 1 is 1.15 bits per heavy atom. The number of unbranched alkanes of at least 4 members (excludes halogenated alkanes) is 3. The Balaban J connectivity index is 1.53. The van der Waals surface area contributed by atoms with Gasteiger partial charge in [0.05, 0.1) is 18.8 Å². The second-order valence-electron chi connectivity index (χ2n) is 7.08. The number of hydrogen-bond donors (Lipinski definition) is 3. The van der Waals surface area contributed by atoms with Crippen LogP contribution in [0.25, 0.3) is 0 Å². The maximum Gasteiger partial charge on any atom is 0.217 e. The van der Waals surface area contributed by atoms with Gasteiger partial charge < -0.3 is 20.3 Å². The third kappa shape index (κ3) is 7.41. The van der Waals surface area contributed by atoms with E-state index in [1.807, 2.05) is 18.2 Å². The molecule has 3 N–H and O–H groups in total. The molecular weight excluding hydrogens is 332 g/mol. The number of carbonyl (C=O) groups is 1. The standard InChI is InChI=1S/C20H32N2O4/c1-16(23)21-18-13-22(14-19(24)20(18)25)11-7-2-3-8-12-26-15-17-9-5-4-6-10-17/h4-6,9-10,18-20,24-25H,2-3,7-8,11-15H2,1H3,(H,21,23)/t18-,19-,20+/m0/s1. The molecule has 0 spiro atoms. The van der Waals surface area contributed by atoms with Gasteiger partial charge in [-0.2, -0.15) is 0 Å². The van der Waals surface area contributed by atoms with Crippen LogP contribution in [0.2, 0.25) is 0 Å². The SMILES string of the molecule is CC(=O)N[C@H]1CN(CCCCCCOCc2ccccc2)C[C@H](O)[C@@H]1O. The molecule has 3 atom stereocenters. The molecule has 0 unspecified atom stereocenters. The maximum absolute atomic E-state index is 11.2.